The molecule has 0 aliphatic heterocycles. The second kappa shape index (κ2) is 9.77. The topological polar surface area (TPSA) is 96.0 Å². The predicted octanol–water partition coefficient (Wildman–Crippen LogP) is 5.67. The number of anilines is 5. The Balaban J connectivity index is 1.27. The summed E-state index contributed by atoms with van der Waals surface area (Å²) >= 11 is 1.67. The van der Waals surface area contributed by atoms with E-state index in [1.807, 2.05) is 24.3 Å². The van der Waals surface area contributed by atoms with Gasteiger partial charge in [0, 0.05) is 17.9 Å². The first-order valence-corrected chi connectivity index (χ1v) is 12.6. The Hall–Kier alpha value is -3.52. The molecule has 1 saturated carbocycles. The standard InChI is InChI=1S/C26H27N5O2S/c1-16(17-5-3-2-4-6-17)28-22-23(25(33)24(22)32)30-21-11-13-27-26(31-21)29-20-9-7-18(8-10-20)19-12-14-34-15-19/h7-17,28H,2-6H2,1H3,(H2,27,29,30,31)/t16-/m0/s1. The van der Waals surface area contributed by atoms with Crippen molar-refractivity contribution in [2.24, 2.45) is 5.92 Å². The number of aromatic nitrogens is 2. The van der Waals surface area contributed by atoms with Crippen molar-refractivity contribution in [2.45, 2.75) is 45.1 Å². The summed E-state index contributed by atoms with van der Waals surface area (Å²) in [5, 5.41) is 13.7. The van der Waals surface area contributed by atoms with Crippen molar-refractivity contribution in [1.29, 1.82) is 0 Å². The largest absolute Gasteiger partial charge is 0.377 e. The van der Waals surface area contributed by atoms with Gasteiger partial charge in [-0.25, -0.2) is 4.98 Å². The Morgan fingerprint density at radius 2 is 1.68 bits per heavy atom. The molecule has 1 fully saturated rings. The fraction of sp³-hybridized carbons (Fsp3) is 0.308. The van der Waals surface area contributed by atoms with Crippen LogP contribution in [0.2, 0.25) is 0 Å². The third-order valence-electron chi connectivity index (χ3n) is 6.54. The minimum atomic E-state index is -0.518. The number of hydrogen-bond donors (Lipinski definition) is 3. The molecule has 1 atom stereocenters. The number of nitrogens with zero attached hydrogens (tertiary/aromatic N) is 2. The lowest BCUT2D eigenvalue weighted by Gasteiger charge is -2.29. The quantitative estimate of drug-likeness (QED) is 0.284. The molecule has 3 N–H and O–H groups in total. The van der Waals surface area contributed by atoms with E-state index < -0.39 is 10.9 Å². The van der Waals surface area contributed by atoms with Crippen LogP contribution >= 0.6 is 11.3 Å². The first-order valence-electron chi connectivity index (χ1n) is 11.7. The monoisotopic (exact) mass is 473 g/mol. The van der Waals surface area contributed by atoms with Crippen LogP contribution in [0.3, 0.4) is 0 Å². The van der Waals surface area contributed by atoms with Gasteiger partial charge in [-0.3, -0.25) is 9.59 Å². The van der Waals surface area contributed by atoms with Crippen molar-refractivity contribution < 1.29 is 0 Å². The van der Waals surface area contributed by atoms with Crippen LogP contribution < -0.4 is 26.8 Å². The third kappa shape index (κ3) is 4.72. The van der Waals surface area contributed by atoms with Crippen molar-refractivity contribution >= 4 is 40.2 Å². The van der Waals surface area contributed by atoms with Gasteiger partial charge in [0.1, 0.15) is 17.2 Å². The molecule has 0 radical (unpaired) electrons. The lowest BCUT2D eigenvalue weighted by molar-refractivity contribution is 0.328. The summed E-state index contributed by atoms with van der Waals surface area (Å²) in [6, 6.07) is 11.9. The van der Waals surface area contributed by atoms with Crippen molar-refractivity contribution in [3.05, 3.63) is 73.8 Å². The van der Waals surface area contributed by atoms with Gasteiger partial charge in [-0.05, 0) is 71.8 Å². The number of nitrogens with one attached hydrogen (secondary N) is 3. The van der Waals surface area contributed by atoms with Crippen LogP contribution in [0.4, 0.5) is 28.8 Å². The Morgan fingerprint density at radius 3 is 2.41 bits per heavy atom. The smallest absolute Gasteiger partial charge is 0.253 e. The lowest BCUT2D eigenvalue weighted by atomic mass is 9.84. The van der Waals surface area contributed by atoms with Crippen LogP contribution in [-0.4, -0.2) is 16.0 Å². The first kappa shape index (κ1) is 22.3. The molecule has 0 spiro atoms. The predicted molar refractivity (Wildman–Crippen MR) is 139 cm³/mol. The molecule has 2 heterocycles. The lowest BCUT2D eigenvalue weighted by Crippen LogP contribution is -2.40. The first-order chi connectivity index (χ1) is 16.6. The normalized spacial score (nSPS) is 15.2. The van der Waals surface area contributed by atoms with Gasteiger partial charge in [-0.1, -0.05) is 31.4 Å². The van der Waals surface area contributed by atoms with Crippen LogP contribution in [0, 0.1) is 5.92 Å². The minimum Gasteiger partial charge on any atom is -0.377 e. The van der Waals surface area contributed by atoms with E-state index in [1.165, 1.54) is 24.8 Å². The highest BCUT2D eigenvalue weighted by Crippen LogP contribution is 2.30. The average molecular weight is 474 g/mol. The van der Waals surface area contributed by atoms with Crippen molar-refractivity contribution in [3.63, 3.8) is 0 Å². The van der Waals surface area contributed by atoms with E-state index in [0.29, 0.717) is 23.4 Å². The van der Waals surface area contributed by atoms with E-state index in [1.54, 1.807) is 23.6 Å². The van der Waals surface area contributed by atoms with E-state index in [4.69, 9.17) is 0 Å². The zero-order valence-corrected chi connectivity index (χ0v) is 19.8. The van der Waals surface area contributed by atoms with Crippen molar-refractivity contribution in [3.8, 4) is 11.1 Å². The zero-order valence-electron chi connectivity index (χ0n) is 19.0. The highest BCUT2D eigenvalue weighted by Gasteiger charge is 2.26. The average Bonchev–Trinajstić information content (AvgIpc) is 3.42. The molecule has 0 bridgehead atoms. The SMILES string of the molecule is C[C@H](Nc1c(Nc2ccnc(Nc3ccc(-c4ccsc4)cc3)n2)c(=O)c1=O)C1CCCCC1. The second-order valence-corrected chi connectivity index (χ2v) is 9.62. The molecule has 2 aromatic heterocycles. The van der Waals surface area contributed by atoms with Crippen molar-refractivity contribution in [1.82, 2.24) is 9.97 Å². The maximum absolute atomic E-state index is 12.3. The molecule has 4 aromatic rings. The minimum absolute atomic E-state index is 0.142. The van der Waals surface area contributed by atoms with E-state index in [-0.39, 0.29) is 11.7 Å². The van der Waals surface area contributed by atoms with Gasteiger partial charge in [0.05, 0.1) is 0 Å². The van der Waals surface area contributed by atoms with Gasteiger partial charge in [0.15, 0.2) is 0 Å². The Bertz CT molecular complexity index is 1320. The zero-order chi connectivity index (χ0) is 23.5. The highest BCUT2D eigenvalue weighted by molar-refractivity contribution is 7.08. The summed E-state index contributed by atoms with van der Waals surface area (Å²) in [7, 11) is 0. The number of thiophene rings is 1. The van der Waals surface area contributed by atoms with Crippen LogP contribution in [-0.2, 0) is 0 Å². The molecular formula is C26H27N5O2S. The Morgan fingerprint density at radius 1 is 0.912 bits per heavy atom. The van der Waals surface area contributed by atoms with Gasteiger partial charge in [0.25, 0.3) is 10.9 Å². The summed E-state index contributed by atoms with van der Waals surface area (Å²) in [6.45, 7) is 2.09. The number of rotatable bonds is 8. The van der Waals surface area contributed by atoms with E-state index in [2.05, 4.69) is 49.7 Å². The molecule has 5 rings (SSSR count). The molecule has 0 saturated heterocycles. The molecule has 2 aromatic carbocycles. The third-order valence-corrected chi connectivity index (χ3v) is 7.23. The second-order valence-electron chi connectivity index (χ2n) is 8.84. The van der Waals surface area contributed by atoms with E-state index in [9.17, 15) is 9.59 Å². The molecule has 0 unspecified atom stereocenters. The number of benzene rings is 1. The van der Waals surface area contributed by atoms with E-state index >= 15 is 0 Å². The summed E-state index contributed by atoms with van der Waals surface area (Å²) in [5.74, 6) is 1.37. The number of hydrogen-bond acceptors (Lipinski definition) is 8. The summed E-state index contributed by atoms with van der Waals surface area (Å²) in [5.41, 5.74) is 2.84. The van der Waals surface area contributed by atoms with Crippen LogP contribution in [0.15, 0.2) is 62.9 Å². The maximum Gasteiger partial charge on any atom is 0.253 e. The van der Waals surface area contributed by atoms with Gasteiger partial charge in [0.2, 0.25) is 5.95 Å². The van der Waals surface area contributed by atoms with E-state index in [0.717, 1.165) is 24.1 Å². The summed E-state index contributed by atoms with van der Waals surface area (Å²) < 4.78 is 0. The van der Waals surface area contributed by atoms with Crippen LogP contribution in [0.1, 0.15) is 39.0 Å². The fourth-order valence-corrected chi connectivity index (χ4v) is 5.21. The molecule has 174 valence electrons. The summed E-state index contributed by atoms with van der Waals surface area (Å²) in [4.78, 5) is 33.3. The molecule has 8 heteroatoms. The Labute approximate surface area is 202 Å². The van der Waals surface area contributed by atoms with Gasteiger partial charge >= 0.3 is 0 Å². The Kier molecular flexibility index (Phi) is 6.40. The van der Waals surface area contributed by atoms with Crippen LogP contribution in [0.5, 0.6) is 0 Å². The van der Waals surface area contributed by atoms with Gasteiger partial charge < -0.3 is 16.0 Å². The molecular weight excluding hydrogens is 446 g/mol. The van der Waals surface area contributed by atoms with Gasteiger partial charge in [-0.2, -0.15) is 16.3 Å². The maximum atomic E-state index is 12.3. The molecule has 1 aliphatic carbocycles. The fourth-order valence-electron chi connectivity index (χ4n) is 4.55. The molecule has 0 amide bonds. The highest BCUT2D eigenvalue weighted by atomic mass is 32.1. The van der Waals surface area contributed by atoms with Gasteiger partial charge in [-0.15, -0.1) is 0 Å². The molecule has 1 aliphatic rings. The molecule has 34 heavy (non-hydrogen) atoms. The molecule has 7 nitrogen and oxygen atoms in total. The summed E-state index contributed by atoms with van der Waals surface area (Å²) in [6.07, 6.45) is 7.64. The van der Waals surface area contributed by atoms with Crippen molar-refractivity contribution in [2.75, 3.05) is 16.0 Å². The van der Waals surface area contributed by atoms with Crippen LogP contribution in [0.25, 0.3) is 11.1 Å².